The Morgan fingerprint density at radius 3 is 2.34 bits per heavy atom. The van der Waals surface area contributed by atoms with Crippen LogP contribution >= 0.6 is 0 Å². The Balaban J connectivity index is 1.24. The molecule has 3 aromatic rings. The van der Waals surface area contributed by atoms with Crippen LogP contribution in [0.3, 0.4) is 0 Å². The van der Waals surface area contributed by atoms with E-state index in [1.807, 2.05) is 24.3 Å². The first-order valence-electron chi connectivity index (χ1n) is 11.9. The molecule has 182 valence electrons. The normalized spacial score (nSPS) is 16.1. The highest BCUT2D eigenvalue weighted by atomic mass is 32.2. The number of fused-ring (bicyclic) bond motifs is 1. The van der Waals surface area contributed by atoms with Gasteiger partial charge in [-0.2, -0.15) is 0 Å². The van der Waals surface area contributed by atoms with Crippen LogP contribution in [-0.4, -0.2) is 52.0 Å². The standard InChI is InChI=1S/C26H29N5O3S/c1-20(32)31-13-5-6-21-18-24(10-11-25(21)31)35(33,34)28-22-9-12-26(27-19-22)30-16-14-29(15-17-30)23-7-3-2-4-8-23/h2-4,7-12,18-19,28H,5-6,13-17H2,1H3. The second-order valence-corrected chi connectivity index (χ2v) is 10.6. The molecule has 2 aromatic carbocycles. The number of carbonyl (C=O) groups is 1. The van der Waals surface area contributed by atoms with Gasteiger partial charge in [-0.25, -0.2) is 13.4 Å². The van der Waals surface area contributed by atoms with Crippen molar-refractivity contribution in [1.29, 1.82) is 0 Å². The fourth-order valence-electron chi connectivity index (χ4n) is 4.75. The highest BCUT2D eigenvalue weighted by molar-refractivity contribution is 7.92. The maximum Gasteiger partial charge on any atom is 0.261 e. The molecule has 35 heavy (non-hydrogen) atoms. The van der Waals surface area contributed by atoms with Crippen molar-refractivity contribution < 1.29 is 13.2 Å². The minimum absolute atomic E-state index is 0.0349. The molecule has 1 fully saturated rings. The average molecular weight is 492 g/mol. The predicted octanol–water partition coefficient (Wildman–Crippen LogP) is 3.51. The van der Waals surface area contributed by atoms with E-state index >= 15 is 0 Å². The maximum absolute atomic E-state index is 13.0. The summed E-state index contributed by atoms with van der Waals surface area (Å²) in [6.07, 6.45) is 3.12. The maximum atomic E-state index is 13.0. The summed E-state index contributed by atoms with van der Waals surface area (Å²) < 4.78 is 28.7. The Hall–Kier alpha value is -3.59. The third-order valence-electron chi connectivity index (χ3n) is 6.59. The predicted molar refractivity (Wildman–Crippen MR) is 139 cm³/mol. The molecular formula is C26H29N5O3S. The molecule has 0 radical (unpaired) electrons. The van der Waals surface area contributed by atoms with Crippen molar-refractivity contribution in [3.63, 3.8) is 0 Å². The van der Waals surface area contributed by atoms with Crippen molar-refractivity contribution in [2.45, 2.75) is 24.7 Å². The van der Waals surface area contributed by atoms with Crippen LogP contribution < -0.4 is 19.4 Å². The van der Waals surface area contributed by atoms with Gasteiger partial charge in [-0.15, -0.1) is 0 Å². The quantitative estimate of drug-likeness (QED) is 0.588. The van der Waals surface area contributed by atoms with Crippen molar-refractivity contribution in [3.05, 3.63) is 72.4 Å². The van der Waals surface area contributed by atoms with Crippen molar-refractivity contribution in [3.8, 4) is 0 Å². The molecule has 8 nitrogen and oxygen atoms in total. The number of aromatic nitrogens is 1. The molecule has 1 aromatic heterocycles. The van der Waals surface area contributed by atoms with E-state index < -0.39 is 10.0 Å². The number of pyridine rings is 1. The van der Waals surface area contributed by atoms with Gasteiger partial charge >= 0.3 is 0 Å². The highest BCUT2D eigenvalue weighted by Crippen LogP contribution is 2.30. The third-order valence-corrected chi connectivity index (χ3v) is 7.96. The number of rotatable bonds is 5. The number of piperazine rings is 1. The number of hydrogen-bond donors (Lipinski definition) is 1. The van der Waals surface area contributed by atoms with E-state index in [9.17, 15) is 13.2 Å². The molecule has 0 aliphatic carbocycles. The molecule has 0 bridgehead atoms. The zero-order chi connectivity index (χ0) is 24.4. The Morgan fingerprint density at radius 2 is 1.66 bits per heavy atom. The van der Waals surface area contributed by atoms with Gasteiger partial charge in [-0.1, -0.05) is 18.2 Å². The van der Waals surface area contributed by atoms with Gasteiger partial charge in [-0.05, 0) is 60.9 Å². The van der Waals surface area contributed by atoms with E-state index in [4.69, 9.17) is 0 Å². The van der Waals surface area contributed by atoms with Crippen LogP contribution in [0.5, 0.6) is 0 Å². The van der Waals surface area contributed by atoms with Crippen molar-refractivity contribution in [2.75, 3.05) is 52.1 Å². The summed E-state index contributed by atoms with van der Waals surface area (Å²) in [6.45, 7) is 5.69. The second kappa shape index (κ2) is 9.58. The van der Waals surface area contributed by atoms with Gasteiger partial charge in [0.25, 0.3) is 10.0 Å². The molecule has 3 heterocycles. The molecule has 0 atom stereocenters. The van der Waals surface area contributed by atoms with Gasteiger partial charge in [-0.3, -0.25) is 9.52 Å². The van der Waals surface area contributed by atoms with Crippen molar-refractivity contribution >= 4 is 38.8 Å². The van der Waals surface area contributed by atoms with Crippen LogP contribution in [0.25, 0.3) is 0 Å². The number of para-hydroxylation sites is 1. The van der Waals surface area contributed by atoms with Crippen molar-refractivity contribution in [2.24, 2.45) is 0 Å². The largest absolute Gasteiger partial charge is 0.368 e. The molecule has 2 aliphatic rings. The highest BCUT2D eigenvalue weighted by Gasteiger charge is 2.23. The molecule has 1 saturated heterocycles. The number of benzene rings is 2. The first kappa shape index (κ1) is 23.2. The third kappa shape index (κ3) is 4.95. The molecule has 1 amide bonds. The second-order valence-electron chi connectivity index (χ2n) is 8.88. The first-order chi connectivity index (χ1) is 16.9. The molecule has 1 N–H and O–H groups in total. The summed E-state index contributed by atoms with van der Waals surface area (Å²) >= 11 is 0. The number of anilines is 4. The van der Waals surface area contributed by atoms with Gasteiger partial charge in [0.05, 0.1) is 16.8 Å². The molecule has 2 aliphatic heterocycles. The van der Waals surface area contributed by atoms with Crippen LogP contribution in [0.4, 0.5) is 22.9 Å². The molecule has 9 heteroatoms. The van der Waals surface area contributed by atoms with Crippen LogP contribution in [0.1, 0.15) is 18.9 Å². The molecule has 0 saturated carbocycles. The van der Waals surface area contributed by atoms with E-state index in [2.05, 4.69) is 31.6 Å². The van der Waals surface area contributed by atoms with Crippen LogP contribution in [0.2, 0.25) is 0 Å². The number of aryl methyl sites for hydroxylation is 1. The number of sulfonamides is 1. The van der Waals surface area contributed by atoms with E-state index in [1.54, 1.807) is 35.4 Å². The summed E-state index contributed by atoms with van der Waals surface area (Å²) in [5.41, 5.74) is 3.30. The monoisotopic (exact) mass is 491 g/mol. The summed E-state index contributed by atoms with van der Waals surface area (Å²) in [7, 11) is -3.77. The lowest BCUT2D eigenvalue weighted by Crippen LogP contribution is -2.46. The molecule has 0 unspecified atom stereocenters. The topological polar surface area (TPSA) is 85.8 Å². The fourth-order valence-corrected chi connectivity index (χ4v) is 5.84. The number of hydrogen-bond acceptors (Lipinski definition) is 6. The SMILES string of the molecule is CC(=O)N1CCCc2cc(S(=O)(=O)Nc3ccc(N4CCN(c5ccccc5)CC4)nc3)ccc21. The van der Waals surface area contributed by atoms with Crippen LogP contribution in [0.15, 0.2) is 71.8 Å². The Labute approximate surface area is 206 Å². The summed E-state index contributed by atoms with van der Waals surface area (Å²) in [4.78, 5) is 22.9. The van der Waals surface area contributed by atoms with Crippen LogP contribution in [-0.2, 0) is 21.2 Å². The number of nitrogens with zero attached hydrogens (tertiary/aromatic N) is 4. The summed E-state index contributed by atoms with van der Waals surface area (Å²) in [5, 5.41) is 0. The Bertz CT molecular complexity index is 1300. The minimum Gasteiger partial charge on any atom is -0.368 e. The van der Waals surface area contributed by atoms with Gasteiger partial charge < -0.3 is 14.7 Å². The first-order valence-corrected chi connectivity index (χ1v) is 13.3. The fraction of sp³-hybridized carbons (Fsp3) is 0.308. The van der Waals surface area contributed by atoms with E-state index in [1.165, 1.54) is 12.6 Å². The van der Waals surface area contributed by atoms with Gasteiger partial charge in [0, 0.05) is 51.0 Å². The number of carbonyl (C=O) groups excluding carboxylic acids is 1. The van der Waals surface area contributed by atoms with Gasteiger partial charge in [0.15, 0.2) is 0 Å². The van der Waals surface area contributed by atoms with Crippen molar-refractivity contribution in [1.82, 2.24) is 4.98 Å². The van der Waals surface area contributed by atoms with E-state index in [0.717, 1.165) is 56.1 Å². The smallest absolute Gasteiger partial charge is 0.261 e. The Kier molecular flexibility index (Phi) is 6.34. The molecule has 0 spiro atoms. The van der Waals surface area contributed by atoms with Gasteiger partial charge in [0.2, 0.25) is 5.91 Å². The Morgan fingerprint density at radius 1 is 0.914 bits per heavy atom. The zero-order valence-electron chi connectivity index (χ0n) is 19.7. The number of nitrogens with one attached hydrogen (secondary N) is 1. The van der Waals surface area contributed by atoms with Crippen LogP contribution in [0, 0.1) is 0 Å². The average Bonchev–Trinajstić information content (AvgIpc) is 2.89. The zero-order valence-corrected chi connectivity index (χ0v) is 20.5. The summed E-state index contributed by atoms with van der Waals surface area (Å²) in [6, 6.07) is 18.9. The van der Waals surface area contributed by atoms with Gasteiger partial charge in [0.1, 0.15) is 5.82 Å². The summed E-state index contributed by atoms with van der Waals surface area (Å²) in [5.74, 6) is 0.797. The molecule has 5 rings (SSSR count). The minimum atomic E-state index is -3.77. The van der Waals surface area contributed by atoms with E-state index in [-0.39, 0.29) is 10.8 Å². The molecular weight excluding hydrogens is 462 g/mol. The lowest BCUT2D eigenvalue weighted by atomic mass is 10.0. The number of amides is 1. The lowest BCUT2D eigenvalue weighted by molar-refractivity contribution is -0.116. The van der Waals surface area contributed by atoms with E-state index in [0.29, 0.717) is 12.2 Å². The lowest BCUT2D eigenvalue weighted by Gasteiger charge is -2.36.